The van der Waals surface area contributed by atoms with Crippen molar-refractivity contribution in [2.24, 2.45) is 0 Å². The molecule has 0 saturated heterocycles. The minimum Gasteiger partial charge on any atom is -0.497 e. The van der Waals surface area contributed by atoms with E-state index in [9.17, 15) is 0 Å². The number of aromatic nitrogens is 1. The Bertz CT molecular complexity index is 1260. The highest BCUT2D eigenvalue weighted by molar-refractivity contribution is 6.10. The van der Waals surface area contributed by atoms with Crippen LogP contribution >= 0.6 is 0 Å². The van der Waals surface area contributed by atoms with E-state index in [-0.39, 0.29) is 0 Å². The lowest BCUT2D eigenvalue weighted by Gasteiger charge is -2.06. The molecule has 0 bridgehead atoms. The van der Waals surface area contributed by atoms with E-state index in [1.165, 1.54) is 44.1 Å². The summed E-state index contributed by atoms with van der Waals surface area (Å²) in [5, 5.41) is 2.56. The maximum absolute atomic E-state index is 5.31. The lowest BCUT2D eigenvalue weighted by Crippen LogP contribution is -1.92. The second kappa shape index (κ2) is 7.84. The first-order valence-electron chi connectivity index (χ1n) is 10.6. The summed E-state index contributed by atoms with van der Waals surface area (Å²) in [4.78, 5) is 0. The standard InChI is InChI=1S/C28H25NO2/c1-4-29-27-15-9-21(19-5-11-23(30-2)12-6-19)17-25(27)26-18-22(10-16-28(26)29)20-7-13-24(31-3)14-8-20/h5-18H,4H2,1-3H3. The van der Waals surface area contributed by atoms with Crippen LogP contribution in [0.1, 0.15) is 6.92 Å². The number of ether oxygens (including phenoxy) is 2. The zero-order valence-corrected chi connectivity index (χ0v) is 18.1. The zero-order valence-electron chi connectivity index (χ0n) is 18.1. The van der Waals surface area contributed by atoms with Crippen LogP contribution in [0.3, 0.4) is 0 Å². The molecule has 5 rings (SSSR count). The predicted molar refractivity (Wildman–Crippen MR) is 129 cm³/mol. The third-order valence-corrected chi connectivity index (χ3v) is 6.03. The number of nitrogens with zero attached hydrogens (tertiary/aromatic N) is 1. The van der Waals surface area contributed by atoms with Gasteiger partial charge < -0.3 is 14.0 Å². The van der Waals surface area contributed by atoms with Crippen molar-refractivity contribution in [2.45, 2.75) is 13.5 Å². The second-order valence-corrected chi connectivity index (χ2v) is 7.67. The van der Waals surface area contributed by atoms with Crippen LogP contribution in [0.4, 0.5) is 0 Å². The van der Waals surface area contributed by atoms with Gasteiger partial charge in [-0.25, -0.2) is 0 Å². The Hall–Kier alpha value is -3.72. The number of benzene rings is 4. The van der Waals surface area contributed by atoms with Gasteiger partial charge in [-0.15, -0.1) is 0 Å². The van der Waals surface area contributed by atoms with Crippen molar-refractivity contribution in [3.63, 3.8) is 0 Å². The Morgan fingerprint density at radius 2 is 0.935 bits per heavy atom. The van der Waals surface area contributed by atoms with Gasteiger partial charge in [0, 0.05) is 28.4 Å². The first kappa shape index (κ1) is 19.3. The largest absolute Gasteiger partial charge is 0.497 e. The van der Waals surface area contributed by atoms with E-state index >= 15 is 0 Å². The molecule has 0 aliphatic heterocycles. The van der Waals surface area contributed by atoms with Crippen molar-refractivity contribution >= 4 is 21.8 Å². The third-order valence-electron chi connectivity index (χ3n) is 6.03. The SMILES string of the molecule is CCn1c2ccc(-c3ccc(OC)cc3)cc2c2cc(-c3ccc(OC)cc3)ccc21. The summed E-state index contributed by atoms with van der Waals surface area (Å²) in [6, 6.07) is 30.0. The molecule has 5 aromatic rings. The number of hydrogen-bond acceptors (Lipinski definition) is 2. The Morgan fingerprint density at radius 3 is 1.29 bits per heavy atom. The average Bonchev–Trinajstić information content (AvgIpc) is 3.16. The average molecular weight is 408 g/mol. The fourth-order valence-electron chi connectivity index (χ4n) is 4.37. The smallest absolute Gasteiger partial charge is 0.118 e. The molecular formula is C28H25NO2. The van der Waals surface area contributed by atoms with Crippen molar-refractivity contribution in [3.8, 4) is 33.8 Å². The second-order valence-electron chi connectivity index (χ2n) is 7.67. The lowest BCUT2D eigenvalue weighted by molar-refractivity contribution is 0.415. The molecule has 0 aliphatic rings. The van der Waals surface area contributed by atoms with Crippen molar-refractivity contribution in [3.05, 3.63) is 84.9 Å². The van der Waals surface area contributed by atoms with Crippen LogP contribution in [0.2, 0.25) is 0 Å². The summed E-state index contributed by atoms with van der Waals surface area (Å²) in [6.45, 7) is 3.14. The molecule has 154 valence electrons. The van der Waals surface area contributed by atoms with Crippen LogP contribution in [0.5, 0.6) is 11.5 Å². The molecule has 0 spiro atoms. The fourth-order valence-corrected chi connectivity index (χ4v) is 4.37. The molecule has 0 atom stereocenters. The molecule has 3 nitrogen and oxygen atoms in total. The van der Waals surface area contributed by atoms with Crippen molar-refractivity contribution in [2.75, 3.05) is 14.2 Å². The van der Waals surface area contributed by atoms with E-state index in [0.29, 0.717) is 0 Å². The van der Waals surface area contributed by atoms with Crippen LogP contribution in [0.25, 0.3) is 44.1 Å². The maximum Gasteiger partial charge on any atom is 0.118 e. The molecule has 0 amide bonds. The van der Waals surface area contributed by atoms with E-state index in [1.54, 1.807) is 14.2 Å². The normalized spacial score (nSPS) is 11.2. The maximum atomic E-state index is 5.31. The van der Waals surface area contributed by atoms with Crippen molar-refractivity contribution in [1.29, 1.82) is 0 Å². The Kier molecular flexibility index (Phi) is 4.87. The van der Waals surface area contributed by atoms with E-state index in [0.717, 1.165) is 18.0 Å². The third kappa shape index (κ3) is 3.32. The van der Waals surface area contributed by atoms with Gasteiger partial charge in [-0.3, -0.25) is 0 Å². The molecule has 0 radical (unpaired) electrons. The molecule has 0 aliphatic carbocycles. The van der Waals surface area contributed by atoms with Crippen molar-refractivity contribution < 1.29 is 9.47 Å². The van der Waals surface area contributed by atoms with Gasteiger partial charge >= 0.3 is 0 Å². The van der Waals surface area contributed by atoms with Gasteiger partial charge in [0.2, 0.25) is 0 Å². The minimum atomic E-state index is 0.872. The molecule has 1 heterocycles. The Morgan fingerprint density at radius 1 is 0.548 bits per heavy atom. The summed E-state index contributed by atoms with van der Waals surface area (Å²) in [5.74, 6) is 1.74. The zero-order chi connectivity index (χ0) is 21.4. The molecule has 31 heavy (non-hydrogen) atoms. The number of methoxy groups -OCH3 is 2. The van der Waals surface area contributed by atoms with Gasteiger partial charge in [0.25, 0.3) is 0 Å². The minimum absolute atomic E-state index is 0.872. The number of fused-ring (bicyclic) bond motifs is 3. The van der Waals surface area contributed by atoms with Crippen molar-refractivity contribution in [1.82, 2.24) is 4.57 Å². The highest BCUT2D eigenvalue weighted by Crippen LogP contribution is 2.35. The number of hydrogen-bond donors (Lipinski definition) is 0. The van der Waals surface area contributed by atoms with E-state index in [2.05, 4.69) is 72.2 Å². The summed E-state index contributed by atoms with van der Waals surface area (Å²) in [5.41, 5.74) is 7.32. The first-order valence-corrected chi connectivity index (χ1v) is 10.6. The van der Waals surface area contributed by atoms with Crippen LogP contribution in [-0.2, 0) is 6.54 Å². The summed E-state index contributed by atoms with van der Waals surface area (Å²) < 4.78 is 13.0. The van der Waals surface area contributed by atoms with E-state index in [4.69, 9.17) is 9.47 Å². The highest BCUT2D eigenvalue weighted by atomic mass is 16.5. The van der Waals surface area contributed by atoms with Crippen LogP contribution in [0, 0.1) is 0 Å². The Balaban J connectivity index is 1.68. The van der Waals surface area contributed by atoms with Crippen LogP contribution in [0.15, 0.2) is 84.9 Å². The molecule has 0 N–H and O–H groups in total. The molecule has 0 saturated carbocycles. The van der Waals surface area contributed by atoms with Crippen LogP contribution in [-0.4, -0.2) is 18.8 Å². The van der Waals surface area contributed by atoms with Crippen LogP contribution < -0.4 is 9.47 Å². The van der Waals surface area contributed by atoms with Gasteiger partial charge in [-0.1, -0.05) is 36.4 Å². The monoisotopic (exact) mass is 407 g/mol. The van der Waals surface area contributed by atoms with Gasteiger partial charge in [0.1, 0.15) is 11.5 Å². The predicted octanol–water partition coefficient (Wildman–Crippen LogP) is 7.17. The van der Waals surface area contributed by atoms with Gasteiger partial charge in [-0.05, 0) is 77.7 Å². The molecular weight excluding hydrogens is 382 g/mol. The van der Waals surface area contributed by atoms with Gasteiger partial charge in [-0.2, -0.15) is 0 Å². The summed E-state index contributed by atoms with van der Waals surface area (Å²) >= 11 is 0. The number of aryl methyl sites for hydroxylation is 1. The molecule has 1 aromatic heterocycles. The van der Waals surface area contributed by atoms with Gasteiger partial charge in [0.05, 0.1) is 14.2 Å². The molecule has 0 fully saturated rings. The first-order chi connectivity index (χ1) is 15.2. The van der Waals surface area contributed by atoms with E-state index < -0.39 is 0 Å². The lowest BCUT2D eigenvalue weighted by atomic mass is 10.00. The topological polar surface area (TPSA) is 23.4 Å². The molecule has 4 aromatic carbocycles. The van der Waals surface area contributed by atoms with E-state index in [1.807, 2.05) is 24.3 Å². The summed E-state index contributed by atoms with van der Waals surface area (Å²) in [7, 11) is 3.39. The quantitative estimate of drug-likeness (QED) is 0.308. The highest BCUT2D eigenvalue weighted by Gasteiger charge is 2.12. The number of rotatable bonds is 5. The molecule has 0 unspecified atom stereocenters. The summed E-state index contributed by atoms with van der Waals surface area (Å²) in [6.07, 6.45) is 0. The fraction of sp³-hybridized carbons (Fsp3) is 0.143. The van der Waals surface area contributed by atoms with Gasteiger partial charge in [0.15, 0.2) is 0 Å². The Labute approximate surface area is 182 Å². The molecule has 3 heteroatoms.